The standard InChI is InChI=1S/C15H13ClF3N5S/c1-9-11(12(16)24(22-9)10-6-4-3-5-7-10)8-25-14-21-20-13(23(14)2)15(17,18)19/h3-7H,8H2,1-2H3. The Kier molecular flexibility index (Phi) is 4.79. The van der Waals surface area contributed by atoms with Crippen molar-refractivity contribution in [2.75, 3.05) is 0 Å². The van der Waals surface area contributed by atoms with Gasteiger partial charge >= 0.3 is 6.18 Å². The zero-order valence-corrected chi connectivity index (χ0v) is 14.8. The summed E-state index contributed by atoms with van der Waals surface area (Å²) >= 11 is 7.54. The molecule has 0 unspecified atom stereocenters. The average Bonchev–Trinajstić information content (AvgIpc) is 3.06. The van der Waals surface area contributed by atoms with Crippen LogP contribution in [0.3, 0.4) is 0 Å². The van der Waals surface area contributed by atoms with Crippen LogP contribution in [0.15, 0.2) is 35.5 Å². The summed E-state index contributed by atoms with van der Waals surface area (Å²) in [5.74, 6) is -0.695. The summed E-state index contributed by atoms with van der Waals surface area (Å²) in [5, 5.41) is 11.8. The first-order valence-electron chi connectivity index (χ1n) is 7.18. The number of hydrogen-bond donors (Lipinski definition) is 0. The summed E-state index contributed by atoms with van der Waals surface area (Å²) in [6.45, 7) is 1.80. The normalized spacial score (nSPS) is 11.9. The van der Waals surface area contributed by atoms with Crippen molar-refractivity contribution in [2.45, 2.75) is 24.0 Å². The van der Waals surface area contributed by atoms with Crippen LogP contribution in [0.2, 0.25) is 5.15 Å². The fraction of sp³-hybridized carbons (Fsp3) is 0.267. The molecule has 0 N–H and O–H groups in total. The van der Waals surface area contributed by atoms with Crippen molar-refractivity contribution >= 4 is 23.4 Å². The highest BCUT2D eigenvalue weighted by molar-refractivity contribution is 7.98. The molecule has 3 rings (SSSR count). The number of benzene rings is 1. The van der Waals surface area contributed by atoms with Gasteiger partial charge in [-0.1, -0.05) is 41.6 Å². The smallest absolute Gasteiger partial charge is 0.302 e. The van der Waals surface area contributed by atoms with Gasteiger partial charge in [-0.25, -0.2) is 4.68 Å². The first kappa shape index (κ1) is 17.8. The molecule has 0 aliphatic rings. The first-order valence-corrected chi connectivity index (χ1v) is 8.54. The molecule has 3 aromatic rings. The number of alkyl halides is 3. The third kappa shape index (κ3) is 3.52. The minimum absolute atomic E-state index is 0.162. The molecule has 0 saturated carbocycles. The zero-order chi connectivity index (χ0) is 18.2. The molecule has 2 heterocycles. The summed E-state index contributed by atoms with van der Waals surface area (Å²) in [7, 11) is 1.28. The quantitative estimate of drug-likeness (QED) is 0.627. The minimum Gasteiger partial charge on any atom is -0.302 e. The van der Waals surface area contributed by atoms with E-state index in [1.165, 1.54) is 7.05 Å². The molecule has 0 bridgehead atoms. The number of rotatable bonds is 4. The highest BCUT2D eigenvalue weighted by Crippen LogP contribution is 2.32. The van der Waals surface area contributed by atoms with Crippen molar-refractivity contribution in [3.8, 4) is 5.69 Å². The SMILES string of the molecule is Cc1nn(-c2ccccc2)c(Cl)c1CSc1nnc(C(F)(F)F)n1C. The highest BCUT2D eigenvalue weighted by Gasteiger charge is 2.37. The van der Waals surface area contributed by atoms with Crippen molar-refractivity contribution in [3.63, 3.8) is 0 Å². The predicted molar refractivity (Wildman–Crippen MR) is 88.9 cm³/mol. The summed E-state index contributed by atoms with van der Waals surface area (Å²) in [6.07, 6.45) is -4.54. The number of hydrogen-bond acceptors (Lipinski definition) is 4. The fourth-order valence-corrected chi connectivity index (χ4v) is 3.68. The highest BCUT2D eigenvalue weighted by atomic mass is 35.5. The molecule has 10 heteroatoms. The zero-order valence-electron chi connectivity index (χ0n) is 13.3. The lowest BCUT2D eigenvalue weighted by molar-refractivity contribution is -0.147. The maximum Gasteiger partial charge on any atom is 0.451 e. The molecule has 0 amide bonds. The molecule has 0 saturated heterocycles. The summed E-state index contributed by atoms with van der Waals surface area (Å²) < 4.78 is 40.9. The first-order chi connectivity index (χ1) is 11.8. The Morgan fingerprint density at radius 2 is 1.84 bits per heavy atom. The van der Waals surface area contributed by atoms with Gasteiger partial charge < -0.3 is 4.57 Å². The van der Waals surface area contributed by atoms with Gasteiger partial charge in [0.25, 0.3) is 0 Å². The van der Waals surface area contributed by atoms with Crippen molar-refractivity contribution in [1.82, 2.24) is 24.5 Å². The lowest BCUT2D eigenvalue weighted by Crippen LogP contribution is -2.12. The third-order valence-electron chi connectivity index (χ3n) is 3.56. The van der Waals surface area contributed by atoms with Crippen LogP contribution < -0.4 is 0 Å². The molecule has 132 valence electrons. The second kappa shape index (κ2) is 6.72. The van der Waals surface area contributed by atoms with E-state index in [1.807, 2.05) is 30.3 Å². The van der Waals surface area contributed by atoms with Crippen LogP contribution >= 0.6 is 23.4 Å². The molecule has 0 radical (unpaired) electrons. The van der Waals surface area contributed by atoms with E-state index in [4.69, 9.17) is 11.6 Å². The van der Waals surface area contributed by atoms with Gasteiger partial charge in [-0.3, -0.25) is 0 Å². The van der Waals surface area contributed by atoms with Crippen LogP contribution in [-0.4, -0.2) is 24.5 Å². The Morgan fingerprint density at radius 3 is 2.44 bits per heavy atom. The van der Waals surface area contributed by atoms with E-state index in [0.29, 0.717) is 16.6 Å². The molecule has 0 aliphatic carbocycles. The Hall–Kier alpha value is -2.00. The number of aryl methyl sites for hydroxylation is 1. The van der Waals surface area contributed by atoms with Crippen molar-refractivity contribution in [3.05, 3.63) is 52.6 Å². The second-order valence-corrected chi connectivity index (χ2v) is 6.55. The Labute approximate surface area is 150 Å². The number of aromatic nitrogens is 5. The monoisotopic (exact) mass is 387 g/mol. The summed E-state index contributed by atoms with van der Waals surface area (Å²) in [4.78, 5) is 0. The van der Waals surface area contributed by atoms with Gasteiger partial charge in [0.05, 0.1) is 11.4 Å². The van der Waals surface area contributed by atoms with Crippen LogP contribution in [0.4, 0.5) is 13.2 Å². The number of para-hydroxylation sites is 1. The average molecular weight is 388 g/mol. The van der Waals surface area contributed by atoms with Gasteiger partial charge in [0, 0.05) is 18.4 Å². The molecule has 0 fully saturated rings. The predicted octanol–water partition coefficient (Wildman–Crippen LogP) is 4.27. The summed E-state index contributed by atoms with van der Waals surface area (Å²) in [6, 6.07) is 9.36. The number of thioether (sulfide) groups is 1. The topological polar surface area (TPSA) is 48.5 Å². The molecule has 0 atom stereocenters. The van der Waals surface area contributed by atoms with Gasteiger partial charge in [-0.2, -0.15) is 18.3 Å². The minimum atomic E-state index is -4.54. The summed E-state index contributed by atoms with van der Waals surface area (Å²) in [5.41, 5.74) is 2.26. The van der Waals surface area contributed by atoms with E-state index in [9.17, 15) is 13.2 Å². The lowest BCUT2D eigenvalue weighted by atomic mass is 10.3. The van der Waals surface area contributed by atoms with Gasteiger partial charge in [-0.15, -0.1) is 10.2 Å². The fourth-order valence-electron chi connectivity index (χ4n) is 2.26. The largest absolute Gasteiger partial charge is 0.451 e. The lowest BCUT2D eigenvalue weighted by Gasteiger charge is -2.06. The van der Waals surface area contributed by atoms with Crippen LogP contribution in [0.5, 0.6) is 0 Å². The Balaban J connectivity index is 1.83. The van der Waals surface area contributed by atoms with E-state index in [0.717, 1.165) is 27.6 Å². The van der Waals surface area contributed by atoms with Crippen LogP contribution in [0.1, 0.15) is 17.1 Å². The van der Waals surface area contributed by atoms with Crippen molar-refractivity contribution in [1.29, 1.82) is 0 Å². The maximum absolute atomic E-state index is 12.8. The molecule has 1 aromatic carbocycles. The van der Waals surface area contributed by atoms with Gasteiger partial charge in [0.1, 0.15) is 5.15 Å². The molecule has 2 aromatic heterocycles. The van der Waals surface area contributed by atoms with Crippen LogP contribution in [0.25, 0.3) is 5.69 Å². The Bertz CT molecular complexity index is 889. The molecule has 0 spiro atoms. The Morgan fingerprint density at radius 1 is 1.16 bits per heavy atom. The number of halogens is 4. The van der Waals surface area contributed by atoms with Crippen LogP contribution in [0, 0.1) is 6.92 Å². The van der Waals surface area contributed by atoms with E-state index < -0.39 is 12.0 Å². The third-order valence-corrected chi connectivity index (χ3v) is 4.99. The van der Waals surface area contributed by atoms with Gasteiger partial charge in [0.2, 0.25) is 5.82 Å². The van der Waals surface area contributed by atoms with Gasteiger partial charge in [0.15, 0.2) is 5.16 Å². The van der Waals surface area contributed by atoms with E-state index in [2.05, 4.69) is 15.3 Å². The van der Waals surface area contributed by atoms with Crippen molar-refractivity contribution in [2.24, 2.45) is 7.05 Å². The van der Waals surface area contributed by atoms with Crippen molar-refractivity contribution < 1.29 is 13.2 Å². The molecule has 25 heavy (non-hydrogen) atoms. The van der Waals surface area contributed by atoms with E-state index in [-0.39, 0.29) is 5.16 Å². The van der Waals surface area contributed by atoms with Gasteiger partial charge in [-0.05, 0) is 19.1 Å². The molecular weight excluding hydrogens is 375 g/mol. The maximum atomic E-state index is 12.8. The molecule has 0 aliphatic heterocycles. The molecule has 5 nitrogen and oxygen atoms in total. The number of nitrogens with zero attached hydrogens (tertiary/aromatic N) is 5. The van der Waals surface area contributed by atoms with E-state index >= 15 is 0 Å². The molecular formula is C15H13ClF3N5S. The second-order valence-electron chi connectivity index (χ2n) is 5.25. The van der Waals surface area contributed by atoms with E-state index in [1.54, 1.807) is 11.6 Å². The van der Waals surface area contributed by atoms with Crippen LogP contribution in [-0.2, 0) is 19.0 Å².